The molecule has 0 spiro atoms. The molecule has 108 valence electrons. The van der Waals surface area contributed by atoms with Gasteiger partial charge in [-0.2, -0.15) is 0 Å². The molecule has 0 aliphatic rings. The Bertz CT molecular complexity index is 608. The molecule has 0 bridgehead atoms. The van der Waals surface area contributed by atoms with Crippen LogP contribution >= 0.6 is 0 Å². The third-order valence-electron chi connectivity index (χ3n) is 3.52. The molecule has 2 aromatic rings. The van der Waals surface area contributed by atoms with E-state index in [0.717, 1.165) is 6.42 Å². The van der Waals surface area contributed by atoms with E-state index < -0.39 is 6.10 Å². The van der Waals surface area contributed by atoms with Crippen LogP contribution in [-0.4, -0.2) is 38.6 Å². The van der Waals surface area contributed by atoms with Gasteiger partial charge in [-0.05, 0) is 18.9 Å². The molecular weight excluding hydrogens is 256 g/mol. The van der Waals surface area contributed by atoms with Crippen LogP contribution in [0.2, 0.25) is 0 Å². The molecule has 0 aliphatic carbocycles. The minimum atomic E-state index is -0.548. The van der Waals surface area contributed by atoms with Gasteiger partial charge in [-0.15, -0.1) is 0 Å². The Morgan fingerprint density at radius 1 is 1.50 bits per heavy atom. The third-order valence-corrected chi connectivity index (χ3v) is 3.52. The number of carbonyl (C=O) groups excluding carboxylic acids is 1. The summed E-state index contributed by atoms with van der Waals surface area (Å²) >= 11 is 0. The van der Waals surface area contributed by atoms with Crippen molar-refractivity contribution in [1.29, 1.82) is 0 Å². The van der Waals surface area contributed by atoms with Gasteiger partial charge in [0, 0.05) is 12.7 Å². The first-order valence-corrected chi connectivity index (χ1v) is 6.81. The number of aromatic nitrogens is 3. The first-order chi connectivity index (χ1) is 9.52. The maximum absolute atomic E-state index is 12.2. The highest BCUT2D eigenvalue weighted by Crippen LogP contribution is 2.14. The van der Waals surface area contributed by atoms with Crippen LogP contribution in [0.15, 0.2) is 12.3 Å². The molecule has 2 atom stereocenters. The Morgan fingerprint density at radius 2 is 2.25 bits per heavy atom. The van der Waals surface area contributed by atoms with Crippen LogP contribution in [0.5, 0.6) is 0 Å². The molecule has 2 unspecified atom stereocenters. The number of rotatable bonds is 5. The first-order valence-electron chi connectivity index (χ1n) is 6.81. The number of aryl methyl sites for hydroxylation is 1. The van der Waals surface area contributed by atoms with E-state index in [1.165, 1.54) is 0 Å². The normalized spacial score (nSPS) is 14.2. The van der Waals surface area contributed by atoms with Crippen molar-refractivity contribution in [3.63, 3.8) is 0 Å². The second-order valence-corrected chi connectivity index (χ2v) is 5.02. The third kappa shape index (κ3) is 2.96. The van der Waals surface area contributed by atoms with Crippen LogP contribution in [0.4, 0.5) is 0 Å². The van der Waals surface area contributed by atoms with Gasteiger partial charge in [-0.25, -0.2) is 9.97 Å². The summed E-state index contributed by atoms with van der Waals surface area (Å²) in [6.45, 7) is 5.93. The molecule has 6 heteroatoms. The van der Waals surface area contributed by atoms with E-state index in [2.05, 4.69) is 20.3 Å². The smallest absolute Gasteiger partial charge is 0.270 e. The highest BCUT2D eigenvalue weighted by molar-refractivity contribution is 6.03. The van der Waals surface area contributed by atoms with Gasteiger partial charge in [0.05, 0.1) is 11.5 Å². The van der Waals surface area contributed by atoms with Gasteiger partial charge in [0.2, 0.25) is 0 Å². The number of H-pyrrole nitrogens is 1. The number of carbonyl (C=O) groups is 1. The van der Waals surface area contributed by atoms with Crippen LogP contribution < -0.4 is 5.32 Å². The van der Waals surface area contributed by atoms with Crippen molar-refractivity contribution >= 4 is 16.9 Å². The van der Waals surface area contributed by atoms with E-state index in [9.17, 15) is 9.90 Å². The lowest BCUT2D eigenvalue weighted by atomic mass is 10.0. The van der Waals surface area contributed by atoms with Crippen LogP contribution in [0.1, 0.15) is 36.6 Å². The van der Waals surface area contributed by atoms with Crippen molar-refractivity contribution in [2.24, 2.45) is 5.92 Å². The Labute approximate surface area is 117 Å². The summed E-state index contributed by atoms with van der Waals surface area (Å²) in [5, 5.41) is 13.3. The Balaban J connectivity index is 2.13. The predicted molar refractivity (Wildman–Crippen MR) is 76.4 cm³/mol. The van der Waals surface area contributed by atoms with E-state index in [-0.39, 0.29) is 18.4 Å². The van der Waals surface area contributed by atoms with Crippen molar-refractivity contribution in [2.75, 3.05) is 6.54 Å². The van der Waals surface area contributed by atoms with Gasteiger partial charge in [0.15, 0.2) is 0 Å². The average Bonchev–Trinajstić information content (AvgIpc) is 2.90. The quantitative estimate of drug-likeness (QED) is 0.770. The van der Waals surface area contributed by atoms with Crippen LogP contribution in [0.3, 0.4) is 0 Å². The molecule has 0 aromatic carbocycles. The number of aromatic amines is 1. The summed E-state index contributed by atoms with van der Waals surface area (Å²) in [6, 6.07) is 1.77. The van der Waals surface area contributed by atoms with Gasteiger partial charge >= 0.3 is 0 Å². The fraction of sp³-hybridized carbons (Fsp3) is 0.500. The number of hydrogen-bond donors (Lipinski definition) is 3. The van der Waals surface area contributed by atoms with E-state index >= 15 is 0 Å². The molecule has 0 radical (unpaired) electrons. The molecular formula is C14H20N4O2. The largest absolute Gasteiger partial charge is 0.391 e. The zero-order chi connectivity index (χ0) is 14.7. The second kappa shape index (κ2) is 6.00. The van der Waals surface area contributed by atoms with Crippen LogP contribution in [0, 0.1) is 12.8 Å². The molecule has 2 rings (SSSR count). The van der Waals surface area contributed by atoms with E-state index in [1.807, 2.05) is 13.8 Å². The van der Waals surface area contributed by atoms with Gasteiger partial charge in [0.1, 0.15) is 17.2 Å². The van der Waals surface area contributed by atoms with Crippen molar-refractivity contribution in [2.45, 2.75) is 33.3 Å². The van der Waals surface area contributed by atoms with Crippen LogP contribution in [-0.2, 0) is 0 Å². The van der Waals surface area contributed by atoms with Crippen LogP contribution in [0.25, 0.3) is 11.0 Å². The highest BCUT2D eigenvalue weighted by atomic mass is 16.3. The summed E-state index contributed by atoms with van der Waals surface area (Å²) in [7, 11) is 0. The van der Waals surface area contributed by atoms with Crippen molar-refractivity contribution < 1.29 is 9.90 Å². The lowest BCUT2D eigenvalue weighted by Gasteiger charge is -2.17. The summed E-state index contributed by atoms with van der Waals surface area (Å²) in [6.07, 6.45) is 2.04. The lowest BCUT2D eigenvalue weighted by Crippen LogP contribution is -2.35. The van der Waals surface area contributed by atoms with E-state index in [0.29, 0.717) is 22.6 Å². The summed E-state index contributed by atoms with van der Waals surface area (Å²) < 4.78 is 0. The van der Waals surface area contributed by atoms with E-state index in [1.54, 1.807) is 19.2 Å². The maximum atomic E-state index is 12.2. The summed E-state index contributed by atoms with van der Waals surface area (Å²) in [5.41, 5.74) is 0.982. The summed E-state index contributed by atoms with van der Waals surface area (Å²) in [5.74, 6) is 0.393. The fourth-order valence-corrected chi connectivity index (χ4v) is 1.98. The van der Waals surface area contributed by atoms with Gasteiger partial charge in [-0.3, -0.25) is 4.79 Å². The SMILES string of the molecule is CCC(C)C(O)CNC(=O)c1nc(C)nc2[nH]ccc12. The molecule has 2 heterocycles. The number of hydrogen-bond acceptors (Lipinski definition) is 4. The monoisotopic (exact) mass is 276 g/mol. The lowest BCUT2D eigenvalue weighted by molar-refractivity contribution is 0.0847. The topological polar surface area (TPSA) is 90.9 Å². The minimum Gasteiger partial charge on any atom is -0.391 e. The second-order valence-electron chi connectivity index (χ2n) is 5.02. The number of nitrogens with zero attached hydrogens (tertiary/aromatic N) is 2. The molecule has 0 saturated carbocycles. The zero-order valence-electron chi connectivity index (χ0n) is 12.0. The fourth-order valence-electron chi connectivity index (χ4n) is 1.98. The molecule has 0 fully saturated rings. The standard InChI is InChI=1S/C14H20N4O2/c1-4-8(2)11(19)7-16-14(20)12-10-5-6-15-13(10)18-9(3)17-12/h5-6,8,11,19H,4,7H2,1-3H3,(H,16,20)(H,15,17,18). The molecule has 0 saturated heterocycles. The minimum absolute atomic E-state index is 0.148. The molecule has 2 aromatic heterocycles. The predicted octanol–water partition coefficient (Wildman–Crippen LogP) is 1.40. The van der Waals surface area contributed by atoms with Gasteiger partial charge in [-0.1, -0.05) is 20.3 Å². The first kappa shape index (κ1) is 14.5. The maximum Gasteiger partial charge on any atom is 0.270 e. The molecule has 6 nitrogen and oxygen atoms in total. The number of amides is 1. The van der Waals surface area contributed by atoms with Crippen molar-refractivity contribution in [3.05, 3.63) is 23.8 Å². The molecule has 20 heavy (non-hydrogen) atoms. The summed E-state index contributed by atoms with van der Waals surface area (Å²) in [4.78, 5) is 23.6. The number of fused-ring (bicyclic) bond motifs is 1. The number of aliphatic hydroxyl groups is 1. The zero-order valence-corrected chi connectivity index (χ0v) is 12.0. The molecule has 3 N–H and O–H groups in total. The van der Waals surface area contributed by atoms with Crippen molar-refractivity contribution in [3.8, 4) is 0 Å². The van der Waals surface area contributed by atoms with Gasteiger partial charge < -0.3 is 15.4 Å². The molecule has 0 aliphatic heterocycles. The molecule has 1 amide bonds. The highest BCUT2D eigenvalue weighted by Gasteiger charge is 2.17. The number of nitrogens with one attached hydrogen (secondary N) is 2. The number of aliphatic hydroxyl groups excluding tert-OH is 1. The Kier molecular flexibility index (Phi) is 4.34. The van der Waals surface area contributed by atoms with Gasteiger partial charge in [0.25, 0.3) is 5.91 Å². The van der Waals surface area contributed by atoms with Crippen molar-refractivity contribution in [1.82, 2.24) is 20.3 Å². The average molecular weight is 276 g/mol. The Hall–Kier alpha value is -1.95. The Morgan fingerprint density at radius 3 is 2.95 bits per heavy atom. The van der Waals surface area contributed by atoms with E-state index in [4.69, 9.17) is 0 Å².